The van der Waals surface area contributed by atoms with E-state index in [2.05, 4.69) is 4.84 Å². The molecule has 0 aromatic heterocycles. The van der Waals surface area contributed by atoms with Crippen LogP contribution in [0.4, 0.5) is 13.2 Å². The van der Waals surface area contributed by atoms with Crippen molar-refractivity contribution in [1.82, 2.24) is 4.47 Å². The number of benzene rings is 1. The van der Waals surface area contributed by atoms with E-state index in [0.717, 1.165) is 12.1 Å². The average molecular weight is 311 g/mol. The van der Waals surface area contributed by atoms with Crippen LogP contribution in [0.25, 0.3) is 0 Å². The molecule has 110 valence electrons. The first-order valence-corrected chi connectivity index (χ1v) is 6.77. The van der Waals surface area contributed by atoms with E-state index in [1.54, 1.807) is 0 Å². The highest BCUT2D eigenvalue weighted by Crippen LogP contribution is 2.19. The fourth-order valence-electron chi connectivity index (χ4n) is 1.07. The van der Waals surface area contributed by atoms with Gasteiger partial charge in [-0.1, -0.05) is 22.7 Å². The van der Waals surface area contributed by atoms with Gasteiger partial charge in [-0.2, -0.15) is 13.2 Å². The van der Waals surface area contributed by atoms with Crippen LogP contribution in [0.15, 0.2) is 30.3 Å². The Morgan fingerprint density at radius 3 is 2.05 bits per heavy atom. The number of rotatable bonds is 2. The maximum Gasteiger partial charge on any atom is 0.493 e. The van der Waals surface area contributed by atoms with Crippen LogP contribution >= 0.6 is 0 Å². The summed E-state index contributed by atoms with van der Waals surface area (Å²) in [5, 5.41) is 0. The van der Waals surface area contributed by atoms with Gasteiger partial charge in [0.1, 0.15) is 0 Å². The SMILES string of the molecule is CS(=O)(=O)N(OC(=O)C(F)(F)F)C(=O)c1ccccc1. The van der Waals surface area contributed by atoms with Crippen molar-refractivity contribution >= 4 is 21.9 Å². The van der Waals surface area contributed by atoms with Crippen LogP contribution in [0.3, 0.4) is 0 Å². The Kier molecular flexibility index (Phi) is 4.38. The number of hydrogen-bond acceptors (Lipinski definition) is 5. The number of sulfonamides is 1. The summed E-state index contributed by atoms with van der Waals surface area (Å²) in [5.74, 6) is -4.22. The van der Waals surface area contributed by atoms with E-state index in [9.17, 15) is 31.2 Å². The predicted octanol–water partition coefficient (Wildman–Crippen LogP) is 1.11. The molecule has 0 radical (unpaired) electrons. The lowest BCUT2D eigenvalue weighted by Gasteiger charge is -2.19. The molecule has 0 saturated carbocycles. The molecule has 6 nitrogen and oxygen atoms in total. The zero-order valence-corrected chi connectivity index (χ0v) is 10.7. The summed E-state index contributed by atoms with van der Waals surface area (Å²) in [4.78, 5) is 26.0. The smallest absolute Gasteiger partial charge is 0.314 e. The van der Waals surface area contributed by atoms with Crippen molar-refractivity contribution in [3.8, 4) is 0 Å². The molecule has 20 heavy (non-hydrogen) atoms. The van der Waals surface area contributed by atoms with Crippen molar-refractivity contribution in [3.05, 3.63) is 35.9 Å². The Bertz CT molecular complexity index is 612. The van der Waals surface area contributed by atoms with Crippen LogP contribution in [0.5, 0.6) is 0 Å². The van der Waals surface area contributed by atoms with Gasteiger partial charge in [-0.05, 0) is 12.1 Å². The molecule has 0 bridgehead atoms. The summed E-state index contributed by atoms with van der Waals surface area (Å²) in [6, 6.07) is 6.53. The van der Waals surface area contributed by atoms with Crippen molar-refractivity contribution in [1.29, 1.82) is 0 Å². The Morgan fingerprint density at radius 1 is 1.15 bits per heavy atom. The first-order valence-electron chi connectivity index (χ1n) is 4.92. The molecular formula is C10H8F3NO5S. The molecule has 0 unspecified atom stereocenters. The van der Waals surface area contributed by atoms with Crippen LogP contribution in [0.1, 0.15) is 10.4 Å². The van der Waals surface area contributed by atoms with Gasteiger partial charge in [0.15, 0.2) is 0 Å². The minimum absolute atomic E-state index is 0.257. The first kappa shape index (κ1) is 16.0. The third-order valence-electron chi connectivity index (χ3n) is 1.89. The lowest BCUT2D eigenvalue weighted by atomic mass is 10.2. The molecule has 0 fully saturated rings. The maximum atomic E-state index is 12.1. The van der Waals surface area contributed by atoms with Crippen LogP contribution in [-0.2, 0) is 19.7 Å². The third-order valence-corrected chi connectivity index (χ3v) is 2.73. The minimum Gasteiger partial charge on any atom is -0.314 e. The summed E-state index contributed by atoms with van der Waals surface area (Å²) in [6.45, 7) is 0. The van der Waals surface area contributed by atoms with E-state index >= 15 is 0 Å². The second kappa shape index (κ2) is 5.49. The summed E-state index contributed by atoms with van der Waals surface area (Å²) in [5.41, 5.74) is -0.257. The third kappa shape index (κ3) is 3.95. The normalized spacial score (nSPS) is 11.8. The van der Waals surface area contributed by atoms with Gasteiger partial charge in [-0.25, -0.2) is 13.2 Å². The molecular weight excluding hydrogens is 303 g/mol. The summed E-state index contributed by atoms with van der Waals surface area (Å²) < 4.78 is 58.1. The molecule has 1 amide bonds. The summed E-state index contributed by atoms with van der Waals surface area (Å²) >= 11 is 0. The van der Waals surface area contributed by atoms with Crippen molar-refractivity contribution in [2.24, 2.45) is 0 Å². The van der Waals surface area contributed by atoms with Gasteiger partial charge < -0.3 is 4.84 Å². The van der Waals surface area contributed by atoms with E-state index in [1.807, 2.05) is 0 Å². The highest BCUT2D eigenvalue weighted by Gasteiger charge is 2.45. The average Bonchev–Trinajstić information content (AvgIpc) is 2.33. The molecule has 0 atom stereocenters. The maximum absolute atomic E-state index is 12.1. The largest absolute Gasteiger partial charge is 0.493 e. The van der Waals surface area contributed by atoms with Gasteiger partial charge in [-0.3, -0.25) is 4.79 Å². The molecule has 0 saturated heterocycles. The van der Waals surface area contributed by atoms with Crippen molar-refractivity contribution in [2.45, 2.75) is 6.18 Å². The second-order valence-electron chi connectivity index (χ2n) is 3.54. The number of hydroxylamine groups is 1. The number of carbonyl (C=O) groups is 2. The molecule has 1 aromatic rings. The Hall–Kier alpha value is -2.10. The van der Waals surface area contributed by atoms with Crippen molar-refractivity contribution < 1.29 is 36.0 Å². The number of carbonyl (C=O) groups excluding carboxylic acids is 2. The standard InChI is InChI=1S/C10H8F3NO5S/c1-20(17,18)14(19-9(16)10(11,12)13)8(15)7-5-3-2-4-6-7/h2-6H,1H3. The minimum atomic E-state index is -5.43. The number of hydrogen-bond donors (Lipinski definition) is 0. The van der Waals surface area contributed by atoms with E-state index in [-0.39, 0.29) is 5.56 Å². The molecule has 1 rings (SSSR count). The topological polar surface area (TPSA) is 80.8 Å². The number of amides is 1. The molecule has 0 aliphatic carbocycles. The van der Waals surface area contributed by atoms with Crippen molar-refractivity contribution in [2.75, 3.05) is 6.26 Å². The molecule has 0 heterocycles. The zero-order chi connectivity index (χ0) is 15.6. The molecule has 0 spiro atoms. The van der Waals surface area contributed by atoms with Gasteiger partial charge in [0, 0.05) is 5.56 Å². The predicted molar refractivity (Wildman–Crippen MR) is 59.6 cm³/mol. The van der Waals surface area contributed by atoms with Gasteiger partial charge in [0.25, 0.3) is 10.0 Å². The van der Waals surface area contributed by atoms with E-state index in [4.69, 9.17) is 0 Å². The lowest BCUT2D eigenvalue weighted by molar-refractivity contribution is -0.216. The van der Waals surface area contributed by atoms with Gasteiger partial charge in [0.2, 0.25) is 0 Å². The van der Waals surface area contributed by atoms with E-state index in [1.165, 1.54) is 18.2 Å². The Morgan fingerprint density at radius 2 is 1.65 bits per heavy atom. The van der Waals surface area contributed by atoms with Gasteiger partial charge >= 0.3 is 18.1 Å². The zero-order valence-electron chi connectivity index (χ0n) is 9.92. The lowest BCUT2D eigenvalue weighted by Crippen LogP contribution is -2.41. The first-order chi connectivity index (χ1) is 9.03. The number of halogens is 3. The highest BCUT2D eigenvalue weighted by atomic mass is 32.2. The van der Waals surface area contributed by atoms with E-state index < -0.39 is 32.5 Å². The fraction of sp³-hybridized carbons (Fsp3) is 0.200. The molecule has 0 aliphatic rings. The summed E-state index contributed by atoms with van der Waals surface area (Å²) in [7, 11) is -4.53. The van der Waals surface area contributed by atoms with Crippen LogP contribution in [0.2, 0.25) is 0 Å². The molecule has 10 heteroatoms. The van der Waals surface area contributed by atoms with Crippen molar-refractivity contribution in [3.63, 3.8) is 0 Å². The number of nitrogens with zero attached hydrogens (tertiary/aromatic N) is 1. The monoisotopic (exact) mass is 311 g/mol. The quantitative estimate of drug-likeness (QED) is 0.764. The van der Waals surface area contributed by atoms with Gasteiger partial charge in [0.05, 0.1) is 6.26 Å². The highest BCUT2D eigenvalue weighted by molar-refractivity contribution is 7.88. The van der Waals surface area contributed by atoms with E-state index in [0.29, 0.717) is 6.26 Å². The van der Waals surface area contributed by atoms with Crippen LogP contribution in [-0.4, -0.2) is 37.2 Å². The number of alkyl halides is 3. The van der Waals surface area contributed by atoms with Crippen LogP contribution < -0.4 is 0 Å². The van der Waals surface area contributed by atoms with Gasteiger partial charge in [-0.15, -0.1) is 0 Å². The second-order valence-corrected chi connectivity index (χ2v) is 5.34. The fourth-order valence-corrected chi connectivity index (χ4v) is 1.68. The van der Waals surface area contributed by atoms with Crippen LogP contribution in [0, 0.1) is 0 Å². The Balaban J connectivity index is 3.10. The molecule has 1 aromatic carbocycles. The molecule has 0 aliphatic heterocycles. The molecule has 0 N–H and O–H groups in total. The Labute approximate surface area is 111 Å². The summed E-state index contributed by atoms with van der Waals surface area (Å²) in [6.07, 6.45) is -5.00.